The third-order valence-electron chi connectivity index (χ3n) is 4.43. The number of esters is 1. The van der Waals surface area contributed by atoms with Gasteiger partial charge >= 0.3 is 5.97 Å². The predicted octanol–water partition coefficient (Wildman–Crippen LogP) is 3.99. The quantitative estimate of drug-likeness (QED) is 0.567. The SMILES string of the molecule is CCOc1cc2c(cc1/C=C/C(=O)O[C@@H](C)C(=O)Nc1ccccc1)O[C@@H](C)C2. The molecule has 0 radical (unpaired) electrons. The van der Waals surface area contributed by atoms with Gasteiger partial charge < -0.3 is 19.5 Å². The fourth-order valence-electron chi connectivity index (χ4n) is 3.06. The molecule has 29 heavy (non-hydrogen) atoms. The van der Waals surface area contributed by atoms with Gasteiger partial charge in [-0.15, -0.1) is 0 Å². The summed E-state index contributed by atoms with van der Waals surface area (Å²) in [6.45, 7) is 5.95. The van der Waals surface area contributed by atoms with Crippen LogP contribution in [-0.4, -0.2) is 30.7 Å². The molecule has 0 aliphatic carbocycles. The van der Waals surface area contributed by atoms with Gasteiger partial charge in [0.05, 0.1) is 6.61 Å². The topological polar surface area (TPSA) is 73.9 Å². The molecule has 2 aromatic carbocycles. The third-order valence-corrected chi connectivity index (χ3v) is 4.43. The smallest absolute Gasteiger partial charge is 0.331 e. The number of amides is 1. The van der Waals surface area contributed by atoms with Crippen LogP contribution in [0, 0.1) is 0 Å². The first-order valence-corrected chi connectivity index (χ1v) is 9.67. The number of benzene rings is 2. The van der Waals surface area contributed by atoms with Gasteiger partial charge in [0.1, 0.15) is 17.6 Å². The zero-order chi connectivity index (χ0) is 20.8. The Balaban J connectivity index is 1.64. The molecular formula is C23H25NO5. The molecule has 1 amide bonds. The molecule has 0 saturated heterocycles. The van der Waals surface area contributed by atoms with Crippen molar-refractivity contribution in [3.8, 4) is 11.5 Å². The molecule has 1 heterocycles. The molecule has 6 heteroatoms. The van der Waals surface area contributed by atoms with E-state index in [9.17, 15) is 9.59 Å². The van der Waals surface area contributed by atoms with Crippen molar-refractivity contribution >= 4 is 23.6 Å². The van der Waals surface area contributed by atoms with E-state index < -0.39 is 18.0 Å². The number of fused-ring (bicyclic) bond motifs is 1. The van der Waals surface area contributed by atoms with Crippen LogP contribution in [0.15, 0.2) is 48.5 Å². The number of anilines is 1. The van der Waals surface area contributed by atoms with E-state index in [0.29, 0.717) is 18.0 Å². The van der Waals surface area contributed by atoms with Crippen LogP contribution in [-0.2, 0) is 20.7 Å². The van der Waals surface area contributed by atoms with Crippen LogP contribution in [0.4, 0.5) is 5.69 Å². The number of carbonyl (C=O) groups excluding carboxylic acids is 2. The largest absolute Gasteiger partial charge is 0.493 e. The van der Waals surface area contributed by atoms with Gasteiger partial charge in [0.15, 0.2) is 6.10 Å². The molecular weight excluding hydrogens is 370 g/mol. The normalized spacial score (nSPS) is 16.0. The van der Waals surface area contributed by atoms with E-state index in [1.807, 2.05) is 44.2 Å². The Bertz CT molecular complexity index is 907. The number of carbonyl (C=O) groups is 2. The maximum absolute atomic E-state index is 12.2. The van der Waals surface area contributed by atoms with Crippen LogP contribution in [0.25, 0.3) is 6.08 Å². The van der Waals surface area contributed by atoms with Crippen molar-refractivity contribution in [1.82, 2.24) is 0 Å². The summed E-state index contributed by atoms with van der Waals surface area (Å²) in [7, 11) is 0. The molecule has 3 rings (SSSR count). The lowest BCUT2D eigenvalue weighted by Gasteiger charge is -2.12. The molecule has 0 unspecified atom stereocenters. The Labute approximate surface area is 170 Å². The van der Waals surface area contributed by atoms with Gasteiger partial charge in [0, 0.05) is 29.3 Å². The van der Waals surface area contributed by atoms with Crippen LogP contribution in [0.5, 0.6) is 11.5 Å². The van der Waals surface area contributed by atoms with E-state index in [1.54, 1.807) is 18.2 Å². The summed E-state index contributed by atoms with van der Waals surface area (Å²) in [6.07, 6.45) is 2.92. The maximum atomic E-state index is 12.2. The first-order chi connectivity index (χ1) is 14.0. The monoisotopic (exact) mass is 395 g/mol. The molecule has 6 nitrogen and oxygen atoms in total. The maximum Gasteiger partial charge on any atom is 0.331 e. The molecule has 1 aliphatic heterocycles. The second kappa shape index (κ2) is 9.28. The van der Waals surface area contributed by atoms with Gasteiger partial charge in [-0.25, -0.2) is 4.79 Å². The Kier molecular flexibility index (Phi) is 6.54. The summed E-state index contributed by atoms with van der Waals surface area (Å²) in [5.74, 6) is 0.471. The number of nitrogens with one attached hydrogen (secondary N) is 1. The Hall–Kier alpha value is -3.28. The van der Waals surface area contributed by atoms with Crippen molar-refractivity contribution in [2.75, 3.05) is 11.9 Å². The van der Waals surface area contributed by atoms with Gasteiger partial charge in [0.2, 0.25) is 0 Å². The Morgan fingerprint density at radius 1 is 1.28 bits per heavy atom. The summed E-state index contributed by atoms with van der Waals surface area (Å²) in [6, 6.07) is 12.8. The second-order valence-electron chi connectivity index (χ2n) is 6.83. The van der Waals surface area contributed by atoms with Gasteiger partial charge in [-0.2, -0.15) is 0 Å². The van der Waals surface area contributed by atoms with Crippen LogP contribution in [0.3, 0.4) is 0 Å². The van der Waals surface area contributed by atoms with E-state index in [4.69, 9.17) is 14.2 Å². The average molecular weight is 395 g/mol. The summed E-state index contributed by atoms with van der Waals surface area (Å²) in [5.41, 5.74) is 2.45. The highest BCUT2D eigenvalue weighted by atomic mass is 16.5. The highest BCUT2D eigenvalue weighted by molar-refractivity contribution is 5.96. The minimum absolute atomic E-state index is 0.118. The number of hydrogen-bond donors (Lipinski definition) is 1. The van der Waals surface area contributed by atoms with Crippen molar-refractivity contribution in [3.05, 3.63) is 59.7 Å². The molecule has 0 aromatic heterocycles. The first-order valence-electron chi connectivity index (χ1n) is 9.67. The van der Waals surface area contributed by atoms with Crippen LogP contribution in [0.1, 0.15) is 31.9 Å². The number of para-hydroxylation sites is 1. The predicted molar refractivity (Wildman–Crippen MR) is 111 cm³/mol. The molecule has 0 bridgehead atoms. The van der Waals surface area contributed by atoms with Crippen LogP contribution >= 0.6 is 0 Å². The zero-order valence-electron chi connectivity index (χ0n) is 16.8. The van der Waals surface area contributed by atoms with Gasteiger partial charge in [-0.1, -0.05) is 18.2 Å². The van der Waals surface area contributed by atoms with Gasteiger partial charge in [-0.05, 0) is 51.1 Å². The third kappa shape index (κ3) is 5.38. The van der Waals surface area contributed by atoms with Crippen LogP contribution in [0.2, 0.25) is 0 Å². The Morgan fingerprint density at radius 2 is 2.03 bits per heavy atom. The van der Waals surface area contributed by atoms with Crippen molar-refractivity contribution < 1.29 is 23.8 Å². The van der Waals surface area contributed by atoms with Crippen molar-refractivity contribution in [3.63, 3.8) is 0 Å². The first kappa shape index (κ1) is 20.5. The minimum atomic E-state index is -0.928. The summed E-state index contributed by atoms with van der Waals surface area (Å²) in [5, 5.41) is 2.70. The van der Waals surface area contributed by atoms with E-state index in [-0.39, 0.29) is 6.10 Å². The van der Waals surface area contributed by atoms with Gasteiger partial charge in [-0.3, -0.25) is 4.79 Å². The fraction of sp³-hybridized carbons (Fsp3) is 0.304. The number of rotatable bonds is 7. The summed E-state index contributed by atoms with van der Waals surface area (Å²) in [4.78, 5) is 24.3. The van der Waals surface area contributed by atoms with Crippen molar-refractivity contribution in [1.29, 1.82) is 0 Å². The highest BCUT2D eigenvalue weighted by Gasteiger charge is 2.21. The molecule has 2 atom stereocenters. The van der Waals surface area contributed by atoms with Gasteiger partial charge in [0.25, 0.3) is 5.91 Å². The molecule has 152 valence electrons. The van der Waals surface area contributed by atoms with E-state index in [2.05, 4.69) is 5.32 Å². The molecule has 1 aliphatic rings. The zero-order valence-corrected chi connectivity index (χ0v) is 16.8. The number of ether oxygens (including phenoxy) is 3. The summed E-state index contributed by atoms with van der Waals surface area (Å²) < 4.78 is 16.7. The lowest BCUT2D eigenvalue weighted by molar-refractivity contribution is -0.148. The van der Waals surface area contributed by atoms with E-state index >= 15 is 0 Å². The Morgan fingerprint density at radius 3 is 2.76 bits per heavy atom. The molecule has 1 N–H and O–H groups in total. The molecule has 0 spiro atoms. The average Bonchev–Trinajstić information content (AvgIpc) is 3.06. The summed E-state index contributed by atoms with van der Waals surface area (Å²) >= 11 is 0. The fourth-order valence-corrected chi connectivity index (χ4v) is 3.06. The molecule has 0 fully saturated rings. The second-order valence-corrected chi connectivity index (χ2v) is 6.83. The lowest BCUT2D eigenvalue weighted by Crippen LogP contribution is -2.29. The lowest BCUT2D eigenvalue weighted by atomic mass is 10.1. The molecule has 0 saturated carbocycles. The standard InChI is InChI=1S/C23H25NO5/c1-4-27-20-14-18-12-15(2)28-21(18)13-17(20)10-11-22(25)29-16(3)23(26)24-19-8-6-5-7-9-19/h5-11,13-16H,4,12H2,1-3H3,(H,24,26)/b11-10+/t15-,16-/m0/s1. The van der Waals surface area contributed by atoms with E-state index in [0.717, 1.165) is 23.3 Å². The highest BCUT2D eigenvalue weighted by Crippen LogP contribution is 2.35. The van der Waals surface area contributed by atoms with Crippen LogP contribution < -0.4 is 14.8 Å². The number of hydrogen-bond acceptors (Lipinski definition) is 5. The van der Waals surface area contributed by atoms with Crippen molar-refractivity contribution in [2.45, 2.75) is 39.4 Å². The minimum Gasteiger partial charge on any atom is -0.493 e. The molecule has 2 aromatic rings. The van der Waals surface area contributed by atoms with Crippen molar-refractivity contribution in [2.24, 2.45) is 0 Å². The van der Waals surface area contributed by atoms with E-state index in [1.165, 1.54) is 13.0 Å².